The molecule has 1 aromatic carbocycles. The summed E-state index contributed by atoms with van der Waals surface area (Å²) in [5.74, 6) is 0.787. The Labute approximate surface area is 240 Å². The number of nitrogens with one attached hydrogen (secondary N) is 1. The molecule has 0 spiro atoms. The highest BCUT2D eigenvalue weighted by molar-refractivity contribution is 5.84. The van der Waals surface area contributed by atoms with Crippen molar-refractivity contribution in [2.45, 2.75) is 6.43 Å². The van der Waals surface area contributed by atoms with E-state index in [0.717, 1.165) is 32.8 Å². The molecule has 0 atom stereocenters. The molecule has 2 saturated heterocycles. The van der Waals surface area contributed by atoms with Gasteiger partial charge in [0.15, 0.2) is 5.82 Å². The predicted molar refractivity (Wildman–Crippen MR) is 149 cm³/mol. The van der Waals surface area contributed by atoms with E-state index >= 15 is 0 Å². The van der Waals surface area contributed by atoms with Crippen molar-refractivity contribution in [1.82, 2.24) is 34.4 Å². The summed E-state index contributed by atoms with van der Waals surface area (Å²) in [5, 5.41) is 3.17. The fraction of sp³-hybridized carbons (Fsp3) is 0.444. The van der Waals surface area contributed by atoms with Gasteiger partial charge in [0, 0.05) is 50.7 Å². The number of anilines is 3. The molecule has 0 amide bonds. The average Bonchev–Trinajstić information content (AvgIpc) is 3.43. The molecular formula is C27H31F2N9O4. The maximum absolute atomic E-state index is 14.3. The Morgan fingerprint density at radius 3 is 2.48 bits per heavy atom. The number of aromatic nitrogens is 6. The van der Waals surface area contributed by atoms with Crippen LogP contribution < -0.4 is 19.7 Å². The zero-order chi connectivity index (χ0) is 28.9. The molecule has 0 unspecified atom stereocenters. The first-order valence-electron chi connectivity index (χ1n) is 13.7. The van der Waals surface area contributed by atoms with Crippen LogP contribution in [0.3, 0.4) is 0 Å². The first-order valence-corrected chi connectivity index (χ1v) is 13.7. The van der Waals surface area contributed by atoms with Crippen LogP contribution in [0.15, 0.2) is 36.5 Å². The number of alkyl halides is 2. The maximum Gasteiger partial charge on any atom is 0.296 e. The topological polar surface area (TPSA) is 125 Å². The van der Waals surface area contributed by atoms with Gasteiger partial charge in [-0.25, -0.2) is 18.7 Å². The molecule has 4 aromatic rings. The van der Waals surface area contributed by atoms with E-state index in [0.29, 0.717) is 61.7 Å². The van der Waals surface area contributed by atoms with Crippen molar-refractivity contribution < 1.29 is 27.7 Å². The minimum atomic E-state index is -2.89. The van der Waals surface area contributed by atoms with Crippen molar-refractivity contribution in [2.75, 3.05) is 83.1 Å². The molecule has 6 rings (SSSR count). The minimum Gasteiger partial charge on any atom is -0.494 e. The summed E-state index contributed by atoms with van der Waals surface area (Å²) in [7, 11) is 1.46. The number of morpholine rings is 2. The molecule has 0 aliphatic carbocycles. The highest BCUT2D eigenvalue weighted by Gasteiger charge is 2.26. The Morgan fingerprint density at radius 2 is 1.71 bits per heavy atom. The van der Waals surface area contributed by atoms with Gasteiger partial charge in [0.1, 0.15) is 17.9 Å². The lowest BCUT2D eigenvalue weighted by molar-refractivity contribution is 0.0320. The third-order valence-corrected chi connectivity index (χ3v) is 6.95. The molecule has 2 aliphatic heterocycles. The average molecular weight is 584 g/mol. The first-order chi connectivity index (χ1) is 20.6. The van der Waals surface area contributed by atoms with Gasteiger partial charge < -0.3 is 29.2 Å². The van der Waals surface area contributed by atoms with Crippen LogP contribution in [0.5, 0.6) is 11.6 Å². The number of pyridine rings is 1. The van der Waals surface area contributed by atoms with Crippen molar-refractivity contribution in [3.63, 3.8) is 0 Å². The smallest absolute Gasteiger partial charge is 0.296 e. The summed E-state index contributed by atoms with van der Waals surface area (Å²) in [6.07, 6.45) is -1.28. The summed E-state index contributed by atoms with van der Waals surface area (Å²) in [6.45, 7) is 6.49. The third-order valence-electron chi connectivity index (χ3n) is 6.95. The number of hydrogen-bond donors (Lipinski definition) is 1. The molecule has 3 aromatic heterocycles. The van der Waals surface area contributed by atoms with Gasteiger partial charge in [-0.05, 0) is 18.2 Å². The molecular weight excluding hydrogens is 552 g/mol. The lowest BCUT2D eigenvalue weighted by Crippen LogP contribution is -2.38. The van der Waals surface area contributed by atoms with Crippen molar-refractivity contribution in [3.8, 4) is 17.6 Å². The quantitative estimate of drug-likeness (QED) is 0.295. The predicted octanol–water partition coefficient (Wildman–Crippen LogP) is 2.84. The number of benzene rings is 1. The van der Waals surface area contributed by atoms with Crippen LogP contribution in [0.25, 0.3) is 17.0 Å². The van der Waals surface area contributed by atoms with E-state index in [4.69, 9.17) is 18.9 Å². The lowest BCUT2D eigenvalue weighted by atomic mass is 10.3. The van der Waals surface area contributed by atoms with Gasteiger partial charge in [-0.2, -0.15) is 15.0 Å². The van der Waals surface area contributed by atoms with Gasteiger partial charge in [-0.3, -0.25) is 9.47 Å². The zero-order valence-electron chi connectivity index (χ0n) is 23.1. The largest absolute Gasteiger partial charge is 0.494 e. The fourth-order valence-electron chi connectivity index (χ4n) is 4.83. The van der Waals surface area contributed by atoms with Crippen LogP contribution in [-0.2, 0) is 9.47 Å². The second-order valence-electron chi connectivity index (χ2n) is 9.60. The lowest BCUT2D eigenvalue weighted by Gasteiger charge is -2.27. The van der Waals surface area contributed by atoms with E-state index in [1.807, 2.05) is 4.90 Å². The van der Waals surface area contributed by atoms with Gasteiger partial charge >= 0.3 is 0 Å². The molecule has 0 radical (unpaired) electrons. The molecule has 222 valence electrons. The van der Waals surface area contributed by atoms with Crippen molar-refractivity contribution in [1.29, 1.82) is 0 Å². The van der Waals surface area contributed by atoms with Gasteiger partial charge in [-0.15, -0.1) is 0 Å². The number of nitrogens with zero attached hydrogens (tertiary/aromatic N) is 8. The minimum absolute atomic E-state index is 0.00362. The molecule has 2 fully saturated rings. The van der Waals surface area contributed by atoms with E-state index < -0.39 is 12.2 Å². The summed E-state index contributed by atoms with van der Waals surface area (Å²) in [5.41, 5.74) is 1.28. The van der Waals surface area contributed by atoms with E-state index in [1.54, 1.807) is 36.5 Å². The standard InChI is InChI=1S/C27H31F2N9O4/c1-39-20-4-2-3-19-22(20)32-24(23(28)29)38(19)27-34-25(33-26(35-27)37-10-14-41-15-11-37)31-18-5-6-30-21(17-18)42-16-9-36-7-12-40-13-8-36/h2-6,17,23H,7-16H2,1H3,(H,30,31,33,34,35). The molecule has 0 saturated carbocycles. The van der Waals surface area contributed by atoms with Gasteiger partial charge in [0.25, 0.3) is 6.43 Å². The summed E-state index contributed by atoms with van der Waals surface area (Å²) < 4.78 is 51.9. The number of hydrogen-bond acceptors (Lipinski definition) is 12. The van der Waals surface area contributed by atoms with Crippen molar-refractivity contribution >= 4 is 28.6 Å². The molecule has 13 nitrogen and oxygen atoms in total. The van der Waals surface area contributed by atoms with Crippen molar-refractivity contribution in [3.05, 3.63) is 42.4 Å². The summed E-state index contributed by atoms with van der Waals surface area (Å²) in [6, 6.07) is 8.52. The molecule has 0 bridgehead atoms. The van der Waals surface area contributed by atoms with Gasteiger partial charge in [-0.1, -0.05) is 6.07 Å². The number of fused-ring (bicyclic) bond motifs is 1. The van der Waals surface area contributed by atoms with Crippen molar-refractivity contribution in [2.24, 2.45) is 0 Å². The molecule has 15 heteroatoms. The summed E-state index contributed by atoms with van der Waals surface area (Å²) >= 11 is 0. The highest BCUT2D eigenvalue weighted by atomic mass is 19.3. The Hall–Kier alpha value is -4.21. The molecule has 5 heterocycles. The van der Waals surface area contributed by atoms with Crippen LogP contribution in [0, 0.1) is 0 Å². The number of halogens is 2. The highest BCUT2D eigenvalue weighted by Crippen LogP contribution is 2.32. The molecule has 1 N–H and O–H groups in total. The van der Waals surface area contributed by atoms with E-state index in [9.17, 15) is 8.78 Å². The molecule has 42 heavy (non-hydrogen) atoms. The third kappa shape index (κ3) is 6.17. The maximum atomic E-state index is 14.3. The normalized spacial score (nSPS) is 16.2. The number of rotatable bonds is 10. The second-order valence-corrected chi connectivity index (χ2v) is 9.60. The second kappa shape index (κ2) is 12.8. The zero-order valence-corrected chi connectivity index (χ0v) is 23.1. The van der Waals surface area contributed by atoms with Crippen LogP contribution in [0.4, 0.5) is 26.4 Å². The van der Waals surface area contributed by atoms with Gasteiger partial charge in [0.05, 0.1) is 39.1 Å². The number of methoxy groups -OCH3 is 1. The number of imidazole rings is 1. The van der Waals surface area contributed by atoms with Crippen LogP contribution >= 0.6 is 0 Å². The SMILES string of the molecule is COc1cccc2c1nc(C(F)F)n2-c1nc(Nc2ccnc(OCCN3CCOCC3)c2)nc(N2CCOCC2)n1. The fourth-order valence-corrected chi connectivity index (χ4v) is 4.83. The van der Waals surface area contributed by atoms with E-state index in [1.165, 1.54) is 11.7 Å². The van der Waals surface area contributed by atoms with E-state index in [2.05, 4.69) is 35.1 Å². The monoisotopic (exact) mass is 583 g/mol. The van der Waals surface area contributed by atoms with Crippen LogP contribution in [0.1, 0.15) is 12.2 Å². The Morgan fingerprint density at radius 1 is 0.952 bits per heavy atom. The van der Waals surface area contributed by atoms with E-state index in [-0.39, 0.29) is 17.4 Å². The summed E-state index contributed by atoms with van der Waals surface area (Å²) in [4.78, 5) is 26.4. The van der Waals surface area contributed by atoms with Crippen LogP contribution in [-0.4, -0.2) is 107 Å². The molecule has 2 aliphatic rings. The Bertz CT molecular complexity index is 1510. The van der Waals surface area contributed by atoms with Crippen LogP contribution in [0.2, 0.25) is 0 Å². The first kappa shape index (κ1) is 27.9. The number of ether oxygens (including phenoxy) is 4. The Kier molecular flexibility index (Phi) is 8.48. The Balaban J connectivity index is 1.32. The van der Waals surface area contributed by atoms with Gasteiger partial charge in [0.2, 0.25) is 23.7 Å². The number of para-hydroxylation sites is 1.